The number of hydrogen-bond donors (Lipinski definition) is 1. The monoisotopic (exact) mass is 382 g/mol. The van der Waals surface area contributed by atoms with Crippen LogP contribution in [-0.2, 0) is 20.2 Å². The molecule has 1 aromatic carbocycles. The molecule has 1 fully saturated rings. The number of aliphatic carboxylic acids is 1. The van der Waals surface area contributed by atoms with Gasteiger partial charge in [-0.3, -0.25) is 4.79 Å². The Balaban J connectivity index is 1.90. The van der Waals surface area contributed by atoms with E-state index in [9.17, 15) is 13.2 Å². The molecule has 26 heavy (non-hydrogen) atoms. The molecular weight excluding hydrogens is 352 g/mol. The van der Waals surface area contributed by atoms with E-state index in [4.69, 9.17) is 5.11 Å². The molecule has 0 amide bonds. The fraction of sp³-hybridized carbons (Fsp3) is 0.632. The van der Waals surface area contributed by atoms with Crippen molar-refractivity contribution in [2.24, 2.45) is 0 Å². The lowest BCUT2D eigenvalue weighted by atomic mass is 9.87. The van der Waals surface area contributed by atoms with Crippen LogP contribution < -0.4 is 0 Å². The molecular formula is C19H30N2O4S. The Morgan fingerprint density at radius 2 is 1.62 bits per heavy atom. The Morgan fingerprint density at radius 3 is 2.12 bits per heavy atom. The Morgan fingerprint density at radius 1 is 1.04 bits per heavy atom. The molecule has 0 spiro atoms. The standard InChI is InChI=1S/C19H30N2O4S/c1-19(2,3)16-7-9-17(10-8-16)26(24,25)21-14-12-20(13-15-21)11-5-4-6-18(22)23/h7-10H,4-6,11-15H2,1-3H3,(H,22,23). The van der Waals surface area contributed by atoms with E-state index in [1.165, 1.54) is 0 Å². The molecule has 1 aliphatic rings. The summed E-state index contributed by atoms with van der Waals surface area (Å²) in [7, 11) is -3.46. The van der Waals surface area contributed by atoms with Crippen LogP contribution in [0.15, 0.2) is 29.2 Å². The van der Waals surface area contributed by atoms with Crippen LogP contribution in [-0.4, -0.2) is 61.4 Å². The fourth-order valence-corrected chi connectivity index (χ4v) is 4.50. The lowest BCUT2D eigenvalue weighted by molar-refractivity contribution is -0.137. The maximum absolute atomic E-state index is 12.8. The maximum atomic E-state index is 12.8. The van der Waals surface area contributed by atoms with Crippen molar-refractivity contribution >= 4 is 16.0 Å². The van der Waals surface area contributed by atoms with E-state index in [1.54, 1.807) is 16.4 Å². The molecule has 0 aliphatic carbocycles. The number of benzene rings is 1. The van der Waals surface area contributed by atoms with E-state index in [2.05, 4.69) is 25.7 Å². The first kappa shape index (κ1) is 20.9. The molecule has 0 atom stereocenters. The van der Waals surface area contributed by atoms with Gasteiger partial charge in [-0.25, -0.2) is 8.42 Å². The van der Waals surface area contributed by atoms with Crippen LogP contribution in [0.4, 0.5) is 0 Å². The second kappa shape index (κ2) is 8.50. The minimum absolute atomic E-state index is 0.00540. The molecule has 1 aliphatic heterocycles. The highest BCUT2D eigenvalue weighted by atomic mass is 32.2. The van der Waals surface area contributed by atoms with Crippen LogP contribution in [0.25, 0.3) is 0 Å². The number of piperazine rings is 1. The van der Waals surface area contributed by atoms with Gasteiger partial charge in [-0.1, -0.05) is 32.9 Å². The van der Waals surface area contributed by atoms with E-state index < -0.39 is 16.0 Å². The minimum atomic E-state index is -3.46. The van der Waals surface area contributed by atoms with Gasteiger partial charge in [0.25, 0.3) is 0 Å². The van der Waals surface area contributed by atoms with Gasteiger partial charge < -0.3 is 10.0 Å². The Hall–Kier alpha value is -1.44. The predicted molar refractivity (Wildman–Crippen MR) is 102 cm³/mol. The van der Waals surface area contributed by atoms with Gasteiger partial charge in [-0.2, -0.15) is 4.31 Å². The summed E-state index contributed by atoms with van der Waals surface area (Å²) in [6.45, 7) is 9.45. The highest BCUT2D eigenvalue weighted by Gasteiger charge is 2.28. The summed E-state index contributed by atoms with van der Waals surface area (Å²) in [6.07, 6.45) is 1.68. The molecule has 0 unspecified atom stereocenters. The second-order valence-corrected chi connectivity index (χ2v) is 9.81. The summed E-state index contributed by atoms with van der Waals surface area (Å²) >= 11 is 0. The lowest BCUT2D eigenvalue weighted by Crippen LogP contribution is -2.48. The van der Waals surface area contributed by atoms with Crippen LogP contribution in [0.3, 0.4) is 0 Å². The average Bonchev–Trinajstić information content (AvgIpc) is 2.58. The first-order valence-electron chi connectivity index (χ1n) is 9.15. The second-order valence-electron chi connectivity index (χ2n) is 7.87. The summed E-state index contributed by atoms with van der Waals surface area (Å²) < 4.78 is 27.2. The number of unbranched alkanes of at least 4 members (excludes halogenated alkanes) is 1. The third kappa shape index (κ3) is 5.53. The fourth-order valence-electron chi connectivity index (χ4n) is 3.08. The molecule has 1 saturated heterocycles. The maximum Gasteiger partial charge on any atom is 0.303 e. The molecule has 1 aromatic rings. The van der Waals surface area contributed by atoms with Crippen molar-refractivity contribution in [1.82, 2.24) is 9.21 Å². The number of rotatable bonds is 7. The van der Waals surface area contributed by atoms with Crippen LogP contribution in [0.5, 0.6) is 0 Å². The van der Waals surface area contributed by atoms with Crippen molar-refractivity contribution in [3.8, 4) is 0 Å². The number of hydrogen-bond acceptors (Lipinski definition) is 4. The topological polar surface area (TPSA) is 77.9 Å². The Bertz CT molecular complexity index is 700. The van der Waals surface area contributed by atoms with E-state index in [0.29, 0.717) is 37.5 Å². The lowest BCUT2D eigenvalue weighted by Gasteiger charge is -2.34. The zero-order valence-corrected chi connectivity index (χ0v) is 16.8. The van der Waals surface area contributed by atoms with Crippen LogP contribution in [0, 0.1) is 0 Å². The highest BCUT2D eigenvalue weighted by Crippen LogP contribution is 2.25. The number of sulfonamides is 1. The van der Waals surface area contributed by atoms with Crippen molar-refractivity contribution < 1.29 is 18.3 Å². The summed E-state index contributed by atoms with van der Waals surface area (Å²) in [6, 6.07) is 7.19. The summed E-state index contributed by atoms with van der Waals surface area (Å²) in [5, 5.41) is 8.66. The summed E-state index contributed by atoms with van der Waals surface area (Å²) in [4.78, 5) is 13.1. The van der Waals surface area contributed by atoms with Gasteiger partial charge in [0.2, 0.25) is 10.0 Å². The van der Waals surface area contributed by atoms with E-state index in [-0.39, 0.29) is 11.8 Å². The van der Waals surface area contributed by atoms with Crippen molar-refractivity contribution in [1.29, 1.82) is 0 Å². The highest BCUT2D eigenvalue weighted by molar-refractivity contribution is 7.89. The molecule has 0 saturated carbocycles. The van der Waals surface area contributed by atoms with Gasteiger partial charge in [0.15, 0.2) is 0 Å². The normalized spacial score (nSPS) is 17.3. The van der Waals surface area contributed by atoms with Gasteiger partial charge in [0.05, 0.1) is 4.90 Å². The molecule has 2 rings (SSSR count). The quantitative estimate of drug-likeness (QED) is 0.733. The largest absolute Gasteiger partial charge is 0.481 e. The zero-order valence-electron chi connectivity index (χ0n) is 15.9. The Labute approximate surface area is 156 Å². The van der Waals surface area contributed by atoms with Gasteiger partial charge in [0.1, 0.15) is 0 Å². The van der Waals surface area contributed by atoms with Crippen LogP contribution >= 0.6 is 0 Å². The molecule has 0 aromatic heterocycles. The Kier molecular flexibility index (Phi) is 6.82. The van der Waals surface area contributed by atoms with Crippen molar-refractivity contribution in [3.05, 3.63) is 29.8 Å². The number of carboxylic acids is 1. The van der Waals surface area contributed by atoms with Crippen molar-refractivity contribution in [2.75, 3.05) is 32.7 Å². The summed E-state index contributed by atoms with van der Waals surface area (Å²) in [5.41, 5.74) is 1.11. The zero-order chi connectivity index (χ0) is 19.4. The molecule has 1 heterocycles. The molecule has 0 radical (unpaired) electrons. The van der Waals surface area contributed by atoms with E-state index in [0.717, 1.165) is 18.5 Å². The first-order chi connectivity index (χ1) is 12.1. The van der Waals surface area contributed by atoms with Crippen LogP contribution in [0.2, 0.25) is 0 Å². The third-order valence-electron chi connectivity index (χ3n) is 4.80. The molecule has 6 nitrogen and oxygen atoms in total. The smallest absolute Gasteiger partial charge is 0.303 e. The molecule has 1 N–H and O–H groups in total. The first-order valence-corrected chi connectivity index (χ1v) is 10.6. The minimum Gasteiger partial charge on any atom is -0.481 e. The van der Waals surface area contributed by atoms with Crippen LogP contribution in [0.1, 0.15) is 45.6 Å². The number of carboxylic acid groups (broad SMARTS) is 1. The molecule has 7 heteroatoms. The van der Waals surface area contributed by atoms with Gasteiger partial charge in [-0.05, 0) is 42.5 Å². The van der Waals surface area contributed by atoms with Gasteiger partial charge in [-0.15, -0.1) is 0 Å². The predicted octanol–water partition coefficient (Wildman–Crippen LogP) is 2.55. The van der Waals surface area contributed by atoms with Crippen molar-refractivity contribution in [2.45, 2.75) is 50.3 Å². The van der Waals surface area contributed by atoms with E-state index >= 15 is 0 Å². The number of carbonyl (C=O) groups is 1. The molecule has 146 valence electrons. The van der Waals surface area contributed by atoms with Gasteiger partial charge >= 0.3 is 5.97 Å². The SMILES string of the molecule is CC(C)(C)c1ccc(S(=O)(=O)N2CCN(CCCCC(=O)O)CC2)cc1. The van der Waals surface area contributed by atoms with Gasteiger partial charge in [0, 0.05) is 32.6 Å². The van der Waals surface area contributed by atoms with E-state index in [1.807, 2.05) is 12.1 Å². The average molecular weight is 383 g/mol. The van der Waals surface area contributed by atoms with Crippen molar-refractivity contribution in [3.63, 3.8) is 0 Å². The summed E-state index contributed by atoms with van der Waals surface area (Å²) in [5.74, 6) is -0.765. The third-order valence-corrected chi connectivity index (χ3v) is 6.72. The molecule has 0 bridgehead atoms. The number of nitrogens with zero attached hydrogens (tertiary/aromatic N) is 2.